The number of rotatable bonds is 7. The lowest BCUT2D eigenvalue weighted by Crippen LogP contribution is -2.10. The molecule has 1 aromatic rings. The maximum absolute atomic E-state index is 11.9. The van der Waals surface area contributed by atoms with Gasteiger partial charge in [-0.05, 0) is 6.07 Å². The van der Waals surface area contributed by atoms with Crippen LogP contribution in [0.2, 0.25) is 0 Å². The number of carbonyl (C=O) groups is 1. The van der Waals surface area contributed by atoms with E-state index in [1.54, 1.807) is 0 Å². The van der Waals surface area contributed by atoms with Crippen molar-refractivity contribution >= 4 is 11.7 Å². The van der Waals surface area contributed by atoms with Gasteiger partial charge in [-0.3, -0.25) is 10.1 Å². The molecule has 0 amide bonds. The number of esters is 1. The molecule has 0 saturated carbocycles. The van der Waals surface area contributed by atoms with Gasteiger partial charge in [-0.2, -0.15) is 0 Å². The monoisotopic (exact) mass is 275 g/mol. The van der Waals surface area contributed by atoms with E-state index in [1.165, 1.54) is 6.07 Å². The molecule has 0 spiro atoms. The molecule has 0 aromatic heterocycles. The predicted molar refractivity (Wildman–Crippen MR) is 60.8 cm³/mol. The number of halogens is 2. The van der Waals surface area contributed by atoms with E-state index in [-0.39, 0.29) is 17.9 Å². The fraction of sp³-hybridized carbons (Fsp3) is 0.364. The number of ether oxygens (including phenoxy) is 2. The van der Waals surface area contributed by atoms with E-state index in [4.69, 9.17) is 4.74 Å². The second-order valence-electron chi connectivity index (χ2n) is 3.30. The molecule has 104 valence electrons. The first-order valence-electron chi connectivity index (χ1n) is 5.30. The second kappa shape index (κ2) is 7.24. The van der Waals surface area contributed by atoms with Crippen LogP contribution < -0.4 is 4.74 Å². The Balaban J connectivity index is 3.01. The number of nitrogens with zero attached hydrogens (tertiary/aromatic N) is 1. The van der Waals surface area contributed by atoms with Crippen molar-refractivity contribution in [3.05, 3.63) is 33.9 Å². The Bertz CT molecular complexity index is 466. The van der Waals surface area contributed by atoms with Crippen molar-refractivity contribution in [3.8, 4) is 5.75 Å². The first-order chi connectivity index (χ1) is 9.10. The molecule has 0 heterocycles. The van der Waals surface area contributed by atoms with Crippen LogP contribution in [-0.2, 0) is 4.74 Å². The van der Waals surface area contributed by atoms with Crippen molar-refractivity contribution < 1.29 is 28.0 Å². The van der Waals surface area contributed by atoms with Crippen LogP contribution in [0.25, 0.3) is 0 Å². The SMILES string of the molecule is O=C(OCCF)c1cc(OCCF)ccc1[N+](=O)[O-]. The predicted octanol–water partition coefficient (Wildman–Crippen LogP) is 2.07. The minimum absolute atomic E-state index is 0.0930. The van der Waals surface area contributed by atoms with Gasteiger partial charge in [0.25, 0.3) is 5.69 Å². The van der Waals surface area contributed by atoms with Gasteiger partial charge >= 0.3 is 5.97 Å². The number of hydrogen-bond acceptors (Lipinski definition) is 5. The van der Waals surface area contributed by atoms with Crippen LogP contribution in [0.3, 0.4) is 0 Å². The third-order valence-electron chi connectivity index (χ3n) is 2.04. The van der Waals surface area contributed by atoms with Crippen LogP contribution in [-0.4, -0.2) is 37.5 Å². The van der Waals surface area contributed by atoms with Gasteiger partial charge in [0, 0.05) is 12.1 Å². The first-order valence-corrected chi connectivity index (χ1v) is 5.30. The van der Waals surface area contributed by atoms with Gasteiger partial charge in [0.2, 0.25) is 0 Å². The summed E-state index contributed by atoms with van der Waals surface area (Å²) in [7, 11) is 0. The number of alkyl halides is 2. The molecule has 0 saturated heterocycles. The molecule has 0 N–H and O–H groups in total. The number of nitro benzene ring substituents is 1. The summed E-state index contributed by atoms with van der Waals surface area (Å²) in [6.07, 6.45) is 0. The van der Waals surface area contributed by atoms with E-state index in [0.717, 1.165) is 12.1 Å². The molecule has 0 bridgehead atoms. The van der Waals surface area contributed by atoms with Crippen LogP contribution in [0.4, 0.5) is 14.5 Å². The lowest BCUT2D eigenvalue weighted by Gasteiger charge is -2.07. The third-order valence-corrected chi connectivity index (χ3v) is 2.04. The zero-order valence-electron chi connectivity index (χ0n) is 9.80. The summed E-state index contributed by atoms with van der Waals surface area (Å²) in [6, 6.07) is 3.34. The Morgan fingerprint density at radius 2 is 1.95 bits per heavy atom. The Labute approximate surface area is 107 Å². The molecule has 8 heteroatoms. The van der Waals surface area contributed by atoms with Gasteiger partial charge in [0.05, 0.1) is 4.92 Å². The Morgan fingerprint density at radius 1 is 1.26 bits per heavy atom. The molecule has 0 aliphatic heterocycles. The summed E-state index contributed by atoms with van der Waals surface area (Å²) >= 11 is 0. The van der Waals surface area contributed by atoms with Crippen molar-refractivity contribution in [1.82, 2.24) is 0 Å². The molecular weight excluding hydrogens is 264 g/mol. The van der Waals surface area contributed by atoms with Gasteiger partial charge < -0.3 is 9.47 Å². The lowest BCUT2D eigenvalue weighted by molar-refractivity contribution is -0.385. The molecule has 1 aromatic carbocycles. The van der Waals surface area contributed by atoms with E-state index in [0.29, 0.717) is 0 Å². The molecule has 0 aliphatic carbocycles. The molecule has 1 rings (SSSR count). The number of carbonyl (C=O) groups excluding carboxylic acids is 1. The normalized spacial score (nSPS) is 10.0. The summed E-state index contributed by atoms with van der Waals surface area (Å²) < 4.78 is 33.2. The molecular formula is C11H11F2NO5. The van der Waals surface area contributed by atoms with E-state index in [9.17, 15) is 23.7 Å². The molecule has 6 nitrogen and oxygen atoms in total. The number of hydrogen-bond donors (Lipinski definition) is 0. The van der Waals surface area contributed by atoms with Crippen molar-refractivity contribution in [2.24, 2.45) is 0 Å². The summed E-state index contributed by atoms with van der Waals surface area (Å²) in [4.78, 5) is 21.5. The van der Waals surface area contributed by atoms with Crippen LogP contribution in [0.1, 0.15) is 10.4 Å². The van der Waals surface area contributed by atoms with Crippen molar-refractivity contribution in [2.45, 2.75) is 0 Å². The fourth-order valence-corrected chi connectivity index (χ4v) is 1.29. The molecule has 0 unspecified atom stereocenters. The van der Waals surface area contributed by atoms with Crippen LogP contribution in [0.15, 0.2) is 18.2 Å². The quantitative estimate of drug-likeness (QED) is 0.432. The van der Waals surface area contributed by atoms with Crippen molar-refractivity contribution in [2.75, 3.05) is 26.6 Å². The highest BCUT2D eigenvalue weighted by atomic mass is 19.1. The maximum Gasteiger partial charge on any atom is 0.345 e. The largest absolute Gasteiger partial charge is 0.491 e. The minimum Gasteiger partial charge on any atom is -0.491 e. The molecule has 19 heavy (non-hydrogen) atoms. The second-order valence-corrected chi connectivity index (χ2v) is 3.30. The molecule has 0 fully saturated rings. The highest BCUT2D eigenvalue weighted by Gasteiger charge is 2.22. The number of nitro groups is 1. The Kier molecular flexibility index (Phi) is 5.65. The summed E-state index contributed by atoms with van der Waals surface area (Å²) in [5, 5.41) is 10.7. The fourth-order valence-electron chi connectivity index (χ4n) is 1.29. The van der Waals surface area contributed by atoms with Gasteiger partial charge in [0.15, 0.2) is 0 Å². The van der Waals surface area contributed by atoms with Crippen LogP contribution in [0, 0.1) is 10.1 Å². The average Bonchev–Trinajstić information content (AvgIpc) is 2.41. The Morgan fingerprint density at radius 3 is 2.53 bits per heavy atom. The van der Waals surface area contributed by atoms with Crippen LogP contribution >= 0.6 is 0 Å². The van der Waals surface area contributed by atoms with Gasteiger partial charge in [-0.1, -0.05) is 0 Å². The zero-order chi connectivity index (χ0) is 14.3. The maximum atomic E-state index is 11.9. The van der Waals surface area contributed by atoms with Gasteiger partial charge in [0.1, 0.15) is 37.9 Å². The number of benzene rings is 1. The van der Waals surface area contributed by atoms with Gasteiger partial charge in [-0.15, -0.1) is 0 Å². The average molecular weight is 275 g/mol. The standard InChI is InChI=1S/C11H11F2NO5/c12-3-5-18-8-1-2-10(14(16)17)9(7-8)11(15)19-6-4-13/h1-2,7H,3-6H2. The summed E-state index contributed by atoms with van der Waals surface area (Å²) in [5.74, 6) is -0.939. The van der Waals surface area contributed by atoms with Crippen LogP contribution in [0.5, 0.6) is 5.75 Å². The molecule has 0 radical (unpaired) electrons. The van der Waals surface area contributed by atoms with Crippen molar-refractivity contribution in [3.63, 3.8) is 0 Å². The zero-order valence-corrected chi connectivity index (χ0v) is 9.80. The third kappa shape index (κ3) is 4.16. The topological polar surface area (TPSA) is 78.7 Å². The van der Waals surface area contributed by atoms with E-state index in [1.807, 2.05) is 0 Å². The smallest absolute Gasteiger partial charge is 0.345 e. The minimum atomic E-state index is -1.03. The van der Waals surface area contributed by atoms with Gasteiger partial charge in [-0.25, -0.2) is 13.6 Å². The summed E-state index contributed by atoms with van der Waals surface area (Å²) in [5.41, 5.74) is -0.855. The molecule has 0 aliphatic rings. The van der Waals surface area contributed by atoms with Crippen molar-refractivity contribution in [1.29, 1.82) is 0 Å². The van der Waals surface area contributed by atoms with E-state index >= 15 is 0 Å². The highest BCUT2D eigenvalue weighted by molar-refractivity contribution is 5.94. The highest BCUT2D eigenvalue weighted by Crippen LogP contribution is 2.25. The Hall–Kier alpha value is -2.25. The lowest BCUT2D eigenvalue weighted by atomic mass is 10.1. The first kappa shape index (κ1) is 14.8. The van der Waals surface area contributed by atoms with E-state index in [2.05, 4.69) is 4.74 Å². The molecule has 0 atom stereocenters. The summed E-state index contributed by atoms with van der Waals surface area (Å²) in [6.45, 7) is -2.36. The van der Waals surface area contributed by atoms with E-state index < -0.39 is 36.5 Å².